The third-order valence-corrected chi connectivity index (χ3v) is 3.98. The number of carbonyl (C=O) groups excluding carboxylic acids is 4. The molecule has 1 heterocycles. The van der Waals surface area contributed by atoms with Crippen molar-refractivity contribution in [3.05, 3.63) is 24.2 Å². The van der Waals surface area contributed by atoms with Crippen LogP contribution in [-0.4, -0.2) is 42.5 Å². The first-order chi connectivity index (χ1) is 12.5. The summed E-state index contributed by atoms with van der Waals surface area (Å²) < 4.78 is 9.71. The van der Waals surface area contributed by atoms with Gasteiger partial charge >= 0.3 is 12.0 Å². The van der Waals surface area contributed by atoms with Gasteiger partial charge in [-0.05, 0) is 31.9 Å². The van der Waals surface area contributed by atoms with E-state index in [1.54, 1.807) is 6.07 Å². The minimum atomic E-state index is -0.975. The van der Waals surface area contributed by atoms with Crippen molar-refractivity contribution in [2.45, 2.75) is 51.1 Å². The number of hydrogen-bond acceptors (Lipinski definition) is 6. The molecule has 1 atom stereocenters. The first-order valence-corrected chi connectivity index (χ1v) is 8.57. The van der Waals surface area contributed by atoms with E-state index in [-0.39, 0.29) is 11.8 Å². The van der Waals surface area contributed by atoms with Crippen molar-refractivity contribution in [1.29, 1.82) is 0 Å². The minimum Gasteiger partial charge on any atom is -0.459 e. The number of furan rings is 1. The van der Waals surface area contributed by atoms with Crippen molar-refractivity contribution in [2.24, 2.45) is 0 Å². The minimum absolute atomic E-state index is 0.0572. The molecule has 1 aliphatic carbocycles. The number of imide groups is 1. The van der Waals surface area contributed by atoms with Gasteiger partial charge in [0, 0.05) is 6.04 Å². The fraction of sp³-hybridized carbons (Fsp3) is 0.529. The molecular formula is C17H23N3O6. The molecule has 0 aromatic carbocycles. The van der Waals surface area contributed by atoms with Gasteiger partial charge in [-0.1, -0.05) is 19.3 Å². The van der Waals surface area contributed by atoms with Crippen LogP contribution < -0.4 is 16.0 Å². The zero-order chi connectivity index (χ0) is 18.9. The van der Waals surface area contributed by atoms with Crippen molar-refractivity contribution in [2.75, 3.05) is 6.61 Å². The van der Waals surface area contributed by atoms with E-state index in [9.17, 15) is 19.2 Å². The number of carbonyl (C=O) groups is 4. The lowest BCUT2D eigenvalue weighted by Gasteiger charge is -2.22. The van der Waals surface area contributed by atoms with Crippen molar-refractivity contribution in [3.8, 4) is 0 Å². The number of hydrogen-bond donors (Lipinski definition) is 3. The molecule has 1 aliphatic rings. The molecule has 0 aliphatic heterocycles. The molecule has 0 radical (unpaired) electrons. The standard InChI is InChI=1S/C17H23N3O6/c1-11(18-15(22)13-8-5-9-25-13)16(23)26-10-14(21)20-17(24)19-12-6-3-2-4-7-12/h5,8-9,11-12H,2-4,6-7,10H2,1H3,(H,18,22)(H2,19,20,21,24)/t11-/m0/s1. The highest BCUT2D eigenvalue weighted by Crippen LogP contribution is 2.17. The highest BCUT2D eigenvalue weighted by molar-refractivity contribution is 5.97. The van der Waals surface area contributed by atoms with Crippen molar-refractivity contribution in [3.63, 3.8) is 0 Å². The molecule has 9 nitrogen and oxygen atoms in total. The van der Waals surface area contributed by atoms with Gasteiger partial charge in [-0.15, -0.1) is 0 Å². The molecule has 1 fully saturated rings. The molecule has 2 rings (SSSR count). The highest BCUT2D eigenvalue weighted by atomic mass is 16.5. The van der Waals surface area contributed by atoms with Crippen LogP contribution in [0, 0.1) is 0 Å². The molecule has 0 saturated heterocycles. The monoisotopic (exact) mass is 365 g/mol. The lowest BCUT2D eigenvalue weighted by atomic mass is 9.96. The number of nitrogens with one attached hydrogen (secondary N) is 3. The van der Waals surface area contributed by atoms with Gasteiger partial charge < -0.3 is 19.8 Å². The van der Waals surface area contributed by atoms with Crippen LogP contribution in [0.3, 0.4) is 0 Å². The molecule has 26 heavy (non-hydrogen) atoms. The van der Waals surface area contributed by atoms with Gasteiger partial charge in [-0.2, -0.15) is 0 Å². The summed E-state index contributed by atoms with van der Waals surface area (Å²) in [6, 6.07) is 1.48. The van der Waals surface area contributed by atoms with E-state index >= 15 is 0 Å². The van der Waals surface area contributed by atoms with Gasteiger partial charge in [0.05, 0.1) is 6.26 Å². The van der Waals surface area contributed by atoms with Crippen molar-refractivity contribution >= 4 is 23.8 Å². The molecule has 142 valence electrons. The second-order valence-electron chi connectivity index (χ2n) is 6.14. The first-order valence-electron chi connectivity index (χ1n) is 8.57. The molecule has 1 aromatic rings. The van der Waals surface area contributed by atoms with E-state index < -0.39 is 36.5 Å². The maximum atomic E-state index is 11.8. The highest BCUT2D eigenvalue weighted by Gasteiger charge is 2.21. The van der Waals surface area contributed by atoms with E-state index in [2.05, 4.69) is 16.0 Å². The van der Waals surface area contributed by atoms with Crippen LogP contribution >= 0.6 is 0 Å². The number of rotatable bonds is 6. The van der Waals surface area contributed by atoms with Gasteiger partial charge in [0.25, 0.3) is 11.8 Å². The average molecular weight is 365 g/mol. The number of amides is 4. The summed E-state index contributed by atoms with van der Waals surface area (Å²) in [4.78, 5) is 47.0. The maximum Gasteiger partial charge on any atom is 0.328 e. The van der Waals surface area contributed by atoms with Gasteiger partial charge in [0.2, 0.25) is 0 Å². The van der Waals surface area contributed by atoms with Crippen molar-refractivity contribution < 1.29 is 28.3 Å². The van der Waals surface area contributed by atoms with Crippen LogP contribution in [0.2, 0.25) is 0 Å². The lowest BCUT2D eigenvalue weighted by molar-refractivity contribution is -0.149. The summed E-state index contributed by atoms with van der Waals surface area (Å²) in [5.74, 6) is -2.05. The maximum absolute atomic E-state index is 11.8. The third-order valence-electron chi connectivity index (χ3n) is 3.98. The Kier molecular flexibility index (Phi) is 7.19. The fourth-order valence-electron chi connectivity index (χ4n) is 2.63. The smallest absolute Gasteiger partial charge is 0.328 e. The fourth-order valence-corrected chi connectivity index (χ4v) is 2.63. The zero-order valence-electron chi connectivity index (χ0n) is 14.6. The van der Waals surface area contributed by atoms with Crippen LogP contribution in [0.1, 0.15) is 49.6 Å². The summed E-state index contributed by atoms with van der Waals surface area (Å²) in [6.45, 7) is 0.800. The Morgan fingerprint density at radius 3 is 2.62 bits per heavy atom. The molecule has 0 spiro atoms. The van der Waals surface area contributed by atoms with Crippen LogP contribution in [0.25, 0.3) is 0 Å². The zero-order valence-corrected chi connectivity index (χ0v) is 14.6. The van der Waals surface area contributed by atoms with Gasteiger partial charge in [0.15, 0.2) is 12.4 Å². The predicted octanol–water partition coefficient (Wildman–Crippen LogP) is 1.10. The Morgan fingerprint density at radius 1 is 1.23 bits per heavy atom. The normalized spacial score (nSPS) is 15.6. The lowest BCUT2D eigenvalue weighted by Crippen LogP contribution is -2.47. The van der Waals surface area contributed by atoms with Gasteiger partial charge in [-0.3, -0.25) is 14.9 Å². The molecular weight excluding hydrogens is 342 g/mol. The summed E-state index contributed by atoms with van der Waals surface area (Å²) in [5, 5.41) is 7.22. The topological polar surface area (TPSA) is 127 Å². The summed E-state index contributed by atoms with van der Waals surface area (Å²) in [6.07, 6.45) is 6.38. The molecule has 4 amide bonds. The number of urea groups is 1. The average Bonchev–Trinajstić information content (AvgIpc) is 3.15. The Morgan fingerprint density at radius 2 is 1.96 bits per heavy atom. The molecule has 0 bridgehead atoms. The third kappa shape index (κ3) is 6.23. The largest absolute Gasteiger partial charge is 0.459 e. The Bertz CT molecular complexity index is 637. The molecule has 9 heteroatoms. The number of ether oxygens (including phenoxy) is 1. The Balaban J connectivity index is 1.66. The van der Waals surface area contributed by atoms with E-state index in [4.69, 9.17) is 9.15 Å². The molecule has 3 N–H and O–H groups in total. The van der Waals surface area contributed by atoms with Crippen molar-refractivity contribution in [1.82, 2.24) is 16.0 Å². The second kappa shape index (κ2) is 9.59. The number of esters is 1. The van der Waals surface area contributed by atoms with Gasteiger partial charge in [0.1, 0.15) is 6.04 Å². The summed E-state index contributed by atoms with van der Waals surface area (Å²) >= 11 is 0. The summed E-state index contributed by atoms with van der Waals surface area (Å²) in [7, 11) is 0. The van der Waals surface area contributed by atoms with Crippen LogP contribution in [-0.2, 0) is 14.3 Å². The first kappa shape index (κ1) is 19.5. The van der Waals surface area contributed by atoms with Crippen LogP contribution in [0.15, 0.2) is 22.8 Å². The van der Waals surface area contributed by atoms with E-state index in [1.165, 1.54) is 19.3 Å². The SMILES string of the molecule is C[C@H](NC(=O)c1ccco1)C(=O)OCC(=O)NC(=O)NC1CCCCC1. The second-order valence-corrected chi connectivity index (χ2v) is 6.14. The molecule has 1 aromatic heterocycles. The van der Waals surface area contributed by atoms with Crippen LogP contribution in [0.4, 0.5) is 4.79 Å². The summed E-state index contributed by atoms with van der Waals surface area (Å²) in [5.41, 5.74) is 0. The quantitative estimate of drug-likeness (QED) is 0.648. The Hall–Kier alpha value is -2.84. The van der Waals surface area contributed by atoms with Gasteiger partial charge in [-0.25, -0.2) is 9.59 Å². The molecule has 1 saturated carbocycles. The van der Waals surface area contributed by atoms with E-state index in [1.807, 2.05) is 0 Å². The molecule has 0 unspecified atom stereocenters. The van der Waals surface area contributed by atoms with E-state index in [0.29, 0.717) is 0 Å². The Labute approximate surface area is 150 Å². The van der Waals surface area contributed by atoms with Crippen LogP contribution in [0.5, 0.6) is 0 Å². The van der Waals surface area contributed by atoms with E-state index in [0.717, 1.165) is 32.1 Å². The predicted molar refractivity (Wildman–Crippen MR) is 90.1 cm³/mol.